The number of hydrogen-bond acceptors (Lipinski definition) is 4. The van der Waals surface area contributed by atoms with Crippen LogP contribution in [0.25, 0.3) is 0 Å². The van der Waals surface area contributed by atoms with Gasteiger partial charge in [0, 0.05) is 43.0 Å². The van der Waals surface area contributed by atoms with Gasteiger partial charge in [-0.05, 0) is 59.7 Å². The van der Waals surface area contributed by atoms with E-state index in [1.54, 1.807) is 31.0 Å². The summed E-state index contributed by atoms with van der Waals surface area (Å²) in [5.41, 5.74) is 2.02. The largest absolute Gasteiger partial charge is 0.489 e. The SMILES string of the molecule is COC1(c2cccc(Sc3ccc(COc4ccc(F)cc4)cc3)c2)CCOCC1. The number of methoxy groups -OCH3 is 1. The number of benzene rings is 3. The van der Waals surface area contributed by atoms with Gasteiger partial charge < -0.3 is 14.2 Å². The zero-order valence-corrected chi connectivity index (χ0v) is 17.8. The van der Waals surface area contributed by atoms with Crippen molar-refractivity contribution in [1.82, 2.24) is 0 Å². The summed E-state index contributed by atoms with van der Waals surface area (Å²) in [4.78, 5) is 2.35. The minimum Gasteiger partial charge on any atom is -0.489 e. The third-order valence-electron chi connectivity index (χ3n) is 5.43. The third-order valence-corrected chi connectivity index (χ3v) is 6.43. The highest BCUT2D eigenvalue weighted by Crippen LogP contribution is 2.38. The first-order valence-corrected chi connectivity index (χ1v) is 10.9. The molecule has 0 atom stereocenters. The van der Waals surface area contributed by atoms with Crippen LogP contribution in [-0.4, -0.2) is 20.3 Å². The standard InChI is InChI=1S/C25H25FO3S/c1-27-25(13-15-28-16-14-25)20-3-2-4-24(17-20)30-23-11-5-19(6-12-23)18-29-22-9-7-21(26)8-10-22/h2-12,17H,13-16,18H2,1H3. The van der Waals surface area contributed by atoms with Gasteiger partial charge >= 0.3 is 0 Å². The van der Waals surface area contributed by atoms with Gasteiger partial charge in [-0.3, -0.25) is 0 Å². The average Bonchev–Trinajstić information content (AvgIpc) is 2.80. The van der Waals surface area contributed by atoms with Crippen LogP contribution in [0, 0.1) is 5.82 Å². The molecule has 4 rings (SSSR count). The molecule has 0 N–H and O–H groups in total. The van der Waals surface area contributed by atoms with E-state index in [-0.39, 0.29) is 11.4 Å². The smallest absolute Gasteiger partial charge is 0.123 e. The fourth-order valence-electron chi connectivity index (χ4n) is 3.64. The lowest BCUT2D eigenvalue weighted by molar-refractivity contribution is -0.0948. The molecular weight excluding hydrogens is 399 g/mol. The molecule has 0 radical (unpaired) electrons. The summed E-state index contributed by atoms with van der Waals surface area (Å²) in [7, 11) is 1.79. The highest BCUT2D eigenvalue weighted by atomic mass is 32.2. The minimum atomic E-state index is -0.263. The van der Waals surface area contributed by atoms with Crippen molar-refractivity contribution in [2.75, 3.05) is 20.3 Å². The second-order valence-electron chi connectivity index (χ2n) is 7.33. The molecule has 1 saturated heterocycles. The van der Waals surface area contributed by atoms with Crippen LogP contribution in [-0.2, 0) is 21.7 Å². The maximum atomic E-state index is 13.0. The topological polar surface area (TPSA) is 27.7 Å². The normalized spacial score (nSPS) is 15.7. The van der Waals surface area contributed by atoms with E-state index in [4.69, 9.17) is 14.2 Å². The Morgan fingerprint density at radius 1 is 0.933 bits per heavy atom. The maximum absolute atomic E-state index is 13.0. The highest BCUT2D eigenvalue weighted by molar-refractivity contribution is 7.99. The molecule has 0 saturated carbocycles. The molecule has 0 aliphatic carbocycles. The molecule has 3 aromatic rings. The van der Waals surface area contributed by atoms with Gasteiger partial charge in [-0.2, -0.15) is 0 Å². The Balaban J connectivity index is 1.40. The number of ether oxygens (including phenoxy) is 3. The second-order valence-corrected chi connectivity index (χ2v) is 8.47. The number of rotatable bonds is 7. The zero-order valence-electron chi connectivity index (χ0n) is 17.0. The van der Waals surface area contributed by atoms with E-state index < -0.39 is 0 Å². The van der Waals surface area contributed by atoms with Crippen LogP contribution < -0.4 is 4.74 Å². The first kappa shape index (κ1) is 20.9. The van der Waals surface area contributed by atoms with Crippen molar-refractivity contribution in [3.63, 3.8) is 0 Å². The maximum Gasteiger partial charge on any atom is 0.123 e. The van der Waals surface area contributed by atoms with Gasteiger partial charge in [0.2, 0.25) is 0 Å². The first-order valence-electron chi connectivity index (χ1n) is 10.1. The fourth-order valence-corrected chi connectivity index (χ4v) is 4.52. The number of hydrogen-bond donors (Lipinski definition) is 0. The van der Waals surface area contributed by atoms with Gasteiger partial charge in [-0.15, -0.1) is 0 Å². The molecular formula is C25H25FO3S. The molecule has 0 unspecified atom stereocenters. The third kappa shape index (κ3) is 5.04. The van der Waals surface area contributed by atoms with Crippen molar-refractivity contribution in [2.24, 2.45) is 0 Å². The van der Waals surface area contributed by atoms with Crippen molar-refractivity contribution < 1.29 is 18.6 Å². The van der Waals surface area contributed by atoms with Gasteiger partial charge in [0.25, 0.3) is 0 Å². The lowest BCUT2D eigenvalue weighted by atomic mass is 9.86. The molecule has 156 valence electrons. The van der Waals surface area contributed by atoms with Crippen LogP contribution in [0.3, 0.4) is 0 Å². The summed E-state index contributed by atoms with van der Waals surface area (Å²) in [6.45, 7) is 1.91. The molecule has 1 aliphatic rings. The Labute approximate surface area is 181 Å². The van der Waals surface area contributed by atoms with E-state index in [0.29, 0.717) is 12.4 Å². The van der Waals surface area contributed by atoms with E-state index in [1.165, 1.54) is 22.6 Å². The van der Waals surface area contributed by atoms with Crippen molar-refractivity contribution in [3.05, 3.63) is 89.7 Å². The van der Waals surface area contributed by atoms with Crippen molar-refractivity contribution >= 4 is 11.8 Å². The van der Waals surface area contributed by atoms with Crippen molar-refractivity contribution in [2.45, 2.75) is 34.8 Å². The molecule has 0 aromatic heterocycles. The van der Waals surface area contributed by atoms with Crippen LogP contribution in [0.5, 0.6) is 5.75 Å². The summed E-state index contributed by atoms with van der Waals surface area (Å²) < 4.78 is 30.1. The molecule has 1 aliphatic heterocycles. The van der Waals surface area contributed by atoms with Gasteiger partial charge in [-0.25, -0.2) is 4.39 Å². The Bertz CT molecular complexity index is 951. The fraction of sp³-hybridized carbons (Fsp3) is 0.280. The van der Waals surface area contributed by atoms with Gasteiger partial charge in [-0.1, -0.05) is 36.0 Å². The van der Waals surface area contributed by atoms with Gasteiger partial charge in [0.15, 0.2) is 0 Å². The van der Waals surface area contributed by atoms with Crippen molar-refractivity contribution in [1.29, 1.82) is 0 Å². The van der Waals surface area contributed by atoms with Crippen LogP contribution in [0.2, 0.25) is 0 Å². The summed E-state index contributed by atoms with van der Waals surface area (Å²) in [5.74, 6) is 0.396. The lowest BCUT2D eigenvalue weighted by Crippen LogP contribution is -2.35. The summed E-state index contributed by atoms with van der Waals surface area (Å²) in [6, 6.07) is 23.0. The lowest BCUT2D eigenvalue weighted by Gasteiger charge is -2.36. The molecule has 1 fully saturated rings. The molecule has 3 aromatic carbocycles. The zero-order chi connectivity index (χ0) is 20.8. The average molecular weight is 425 g/mol. The molecule has 0 bridgehead atoms. The van der Waals surface area contributed by atoms with Crippen LogP contribution in [0.1, 0.15) is 24.0 Å². The van der Waals surface area contributed by atoms with E-state index in [2.05, 4.69) is 48.5 Å². The summed E-state index contributed by atoms with van der Waals surface area (Å²) in [5, 5.41) is 0. The van der Waals surface area contributed by atoms with Gasteiger partial charge in [0.1, 0.15) is 18.2 Å². The Kier molecular flexibility index (Phi) is 6.72. The second kappa shape index (κ2) is 9.65. The molecule has 0 spiro atoms. The van der Waals surface area contributed by atoms with Crippen LogP contribution in [0.15, 0.2) is 82.6 Å². The summed E-state index contributed by atoms with van der Waals surface area (Å²) >= 11 is 1.73. The van der Waals surface area contributed by atoms with E-state index in [0.717, 1.165) is 36.5 Å². The Morgan fingerprint density at radius 2 is 1.67 bits per heavy atom. The minimum absolute atomic E-state index is 0.254. The number of halogens is 1. The molecule has 1 heterocycles. The quantitative estimate of drug-likeness (QED) is 0.451. The van der Waals surface area contributed by atoms with E-state index in [9.17, 15) is 4.39 Å². The van der Waals surface area contributed by atoms with Gasteiger partial charge in [0.05, 0.1) is 5.60 Å². The Hall–Kier alpha value is -2.34. The molecule has 0 amide bonds. The van der Waals surface area contributed by atoms with Crippen LogP contribution in [0.4, 0.5) is 4.39 Å². The van der Waals surface area contributed by atoms with E-state index in [1.807, 2.05) is 0 Å². The van der Waals surface area contributed by atoms with Crippen LogP contribution >= 0.6 is 11.8 Å². The predicted molar refractivity (Wildman–Crippen MR) is 116 cm³/mol. The predicted octanol–water partition coefficient (Wildman–Crippen LogP) is 6.21. The van der Waals surface area contributed by atoms with Crippen molar-refractivity contribution in [3.8, 4) is 5.75 Å². The first-order chi connectivity index (χ1) is 14.7. The highest BCUT2D eigenvalue weighted by Gasteiger charge is 2.34. The molecule has 30 heavy (non-hydrogen) atoms. The summed E-state index contributed by atoms with van der Waals surface area (Å²) in [6.07, 6.45) is 1.75. The monoisotopic (exact) mass is 424 g/mol. The Morgan fingerprint density at radius 3 is 2.37 bits per heavy atom. The molecule has 3 nitrogen and oxygen atoms in total. The van der Waals surface area contributed by atoms with E-state index >= 15 is 0 Å². The molecule has 5 heteroatoms.